The molecule has 0 radical (unpaired) electrons. The van der Waals surface area contributed by atoms with Crippen LogP contribution in [0, 0.1) is 18.4 Å². The van der Waals surface area contributed by atoms with Gasteiger partial charge in [-0.15, -0.1) is 5.54 Å². The largest absolute Gasteiger partial charge is 0.381 e. The summed E-state index contributed by atoms with van der Waals surface area (Å²) in [6.07, 6.45) is 1.72. The van der Waals surface area contributed by atoms with Gasteiger partial charge in [-0.25, -0.2) is 9.97 Å². The summed E-state index contributed by atoms with van der Waals surface area (Å²) in [5, 5.41) is 0.472. The molecule has 0 fully saturated rings. The molecular weight excluding hydrogens is 264 g/mol. The molecule has 2 N–H and O–H groups in total. The van der Waals surface area contributed by atoms with Crippen molar-refractivity contribution in [3.8, 4) is 11.5 Å². The van der Waals surface area contributed by atoms with E-state index in [1.165, 1.54) is 0 Å². The van der Waals surface area contributed by atoms with Crippen molar-refractivity contribution in [1.29, 1.82) is 0 Å². The molecule has 0 amide bonds. The number of aromatic nitrogens is 3. The number of nitrogens with zero attached hydrogens (tertiary/aromatic N) is 3. The lowest BCUT2D eigenvalue weighted by molar-refractivity contribution is 1.07. The fraction of sp³-hybridized carbons (Fsp3) is 0.333. The first-order chi connectivity index (χ1) is 8.29. The van der Waals surface area contributed by atoms with Crippen LogP contribution in [-0.4, -0.2) is 22.4 Å². The predicted molar refractivity (Wildman–Crippen MR) is 77.4 cm³/mol. The lowest BCUT2D eigenvalue weighted by Gasteiger charge is -2.06. The van der Waals surface area contributed by atoms with E-state index in [4.69, 9.17) is 17.3 Å². The first kappa shape index (κ1) is 12.9. The predicted octanol–water partition coefficient (Wildman–Crippen LogP) is 2.50. The van der Waals surface area contributed by atoms with Gasteiger partial charge in [0.1, 0.15) is 13.2 Å². The average Bonchev–Trinajstić information content (AvgIpc) is 2.63. The average molecular weight is 279 g/mol. The van der Waals surface area contributed by atoms with Gasteiger partial charge in [-0.1, -0.05) is 37.2 Å². The number of hydrogen-bond donors (Lipinski definition) is 1. The number of fused-ring (bicyclic) bond motifs is 1. The molecule has 2 heterocycles. The van der Waals surface area contributed by atoms with Crippen molar-refractivity contribution in [3.63, 3.8) is 0 Å². The summed E-state index contributed by atoms with van der Waals surface area (Å²) < 4.78 is 1.78. The molecule has 6 heteroatoms. The van der Waals surface area contributed by atoms with Gasteiger partial charge >= 0.3 is 0 Å². The van der Waals surface area contributed by atoms with E-state index >= 15 is 0 Å². The summed E-state index contributed by atoms with van der Waals surface area (Å²) in [5.74, 6) is 3.40. The molecule has 0 saturated heterocycles. The number of rotatable bonds is 0. The van der Waals surface area contributed by atoms with Crippen molar-refractivity contribution >= 4 is 31.1 Å². The summed E-state index contributed by atoms with van der Waals surface area (Å²) in [7, 11) is -1.47. The molecule has 18 heavy (non-hydrogen) atoms. The van der Waals surface area contributed by atoms with E-state index in [2.05, 4.69) is 41.1 Å². The number of nitrogens with two attached hydrogens (primary N) is 1. The number of anilines is 1. The second-order valence-corrected chi connectivity index (χ2v) is 10.3. The standard InChI is InChI=1S/C12H15ClN4Si/c1-8-7-15-12-11(14)16-9(10(13)17(8)12)5-6-18(2,3)4/h7H,1-4H3,(H2,14,16). The van der Waals surface area contributed by atoms with Gasteiger partial charge in [-0.2, -0.15) is 0 Å². The van der Waals surface area contributed by atoms with Gasteiger partial charge in [0.05, 0.1) is 0 Å². The molecule has 2 aromatic heterocycles. The van der Waals surface area contributed by atoms with Gasteiger partial charge in [0.15, 0.2) is 17.2 Å². The van der Waals surface area contributed by atoms with Gasteiger partial charge in [-0.3, -0.25) is 4.40 Å². The number of imidazole rings is 1. The molecular formula is C12H15ClN4Si. The van der Waals surface area contributed by atoms with Crippen LogP contribution >= 0.6 is 11.6 Å². The van der Waals surface area contributed by atoms with Crippen LogP contribution in [-0.2, 0) is 0 Å². The quantitative estimate of drug-likeness (QED) is 0.595. The highest BCUT2D eigenvalue weighted by Gasteiger charge is 2.13. The zero-order valence-corrected chi connectivity index (χ0v) is 12.6. The molecule has 0 aliphatic heterocycles. The molecule has 0 atom stereocenters. The topological polar surface area (TPSA) is 56.2 Å². The van der Waals surface area contributed by atoms with E-state index in [1.54, 1.807) is 10.6 Å². The Morgan fingerprint density at radius 1 is 1.39 bits per heavy atom. The SMILES string of the molecule is Cc1cnc2c(N)nc(C#C[Si](C)(C)C)c(Cl)n12. The Hall–Kier alpha value is -1.51. The second kappa shape index (κ2) is 4.30. The lowest BCUT2D eigenvalue weighted by atomic mass is 10.4. The zero-order chi connectivity index (χ0) is 13.5. The molecule has 0 aliphatic rings. The Morgan fingerprint density at radius 3 is 2.67 bits per heavy atom. The van der Waals surface area contributed by atoms with Gasteiger partial charge in [0.25, 0.3) is 0 Å². The molecule has 0 aliphatic carbocycles. The van der Waals surface area contributed by atoms with Crippen molar-refractivity contribution in [2.45, 2.75) is 26.6 Å². The first-order valence-electron chi connectivity index (χ1n) is 5.62. The number of aryl methyl sites for hydroxylation is 1. The number of nitrogen functional groups attached to an aromatic ring is 1. The van der Waals surface area contributed by atoms with Crippen LogP contribution in [0.25, 0.3) is 5.65 Å². The Bertz CT molecular complexity index is 673. The third-order valence-corrected chi connectivity index (χ3v) is 3.57. The van der Waals surface area contributed by atoms with Crippen LogP contribution in [0.5, 0.6) is 0 Å². The van der Waals surface area contributed by atoms with E-state index in [-0.39, 0.29) is 0 Å². The van der Waals surface area contributed by atoms with Crippen molar-refractivity contribution in [2.75, 3.05) is 5.73 Å². The summed E-state index contributed by atoms with van der Waals surface area (Å²) in [4.78, 5) is 8.41. The molecule has 0 unspecified atom stereocenters. The molecule has 4 nitrogen and oxygen atoms in total. The van der Waals surface area contributed by atoms with Gasteiger partial charge in [0, 0.05) is 11.9 Å². The fourth-order valence-corrected chi connectivity index (χ4v) is 2.31. The smallest absolute Gasteiger partial charge is 0.181 e. The molecule has 0 saturated carbocycles. The molecule has 2 aromatic rings. The van der Waals surface area contributed by atoms with Crippen molar-refractivity contribution in [3.05, 3.63) is 22.7 Å². The normalized spacial score (nSPS) is 11.4. The van der Waals surface area contributed by atoms with Crippen molar-refractivity contribution in [2.24, 2.45) is 0 Å². The lowest BCUT2D eigenvalue weighted by Crippen LogP contribution is -2.16. The van der Waals surface area contributed by atoms with Crippen LogP contribution in [0.2, 0.25) is 24.8 Å². The van der Waals surface area contributed by atoms with E-state index in [1.807, 2.05) is 6.92 Å². The maximum Gasteiger partial charge on any atom is 0.181 e. The summed E-state index contributed by atoms with van der Waals surface area (Å²) >= 11 is 6.31. The third-order valence-electron chi connectivity index (χ3n) is 2.35. The minimum Gasteiger partial charge on any atom is -0.381 e. The third kappa shape index (κ3) is 2.35. The maximum atomic E-state index is 6.31. The Labute approximate surface area is 112 Å². The van der Waals surface area contributed by atoms with Crippen LogP contribution in [0.1, 0.15) is 11.4 Å². The Kier molecular flexibility index (Phi) is 3.09. The van der Waals surface area contributed by atoms with Gasteiger partial charge < -0.3 is 5.73 Å². The Morgan fingerprint density at radius 2 is 2.06 bits per heavy atom. The minimum absolute atomic E-state index is 0.354. The summed E-state index contributed by atoms with van der Waals surface area (Å²) in [6, 6.07) is 0. The van der Waals surface area contributed by atoms with E-state index in [0.717, 1.165) is 5.69 Å². The number of hydrogen-bond acceptors (Lipinski definition) is 3. The van der Waals surface area contributed by atoms with Crippen LogP contribution in [0.4, 0.5) is 5.82 Å². The fourth-order valence-electron chi connectivity index (χ4n) is 1.51. The highest BCUT2D eigenvalue weighted by atomic mass is 35.5. The maximum absolute atomic E-state index is 6.31. The molecule has 0 aromatic carbocycles. The molecule has 0 spiro atoms. The zero-order valence-electron chi connectivity index (χ0n) is 10.9. The van der Waals surface area contributed by atoms with Crippen LogP contribution in [0.3, 0.4) is 0 Å². The first-order valence-corrected chi connectivity index (χ1v) is 9.49. The van der Waals surface area contributed by atoms with Gasteiger partial charge in [0.2, 0.25) is 0 Å². The van der Waals surface area contributed by atoms with Gasteiger partial charge in [-0.05, 0) is 6.92 Å². The van der Waals surface area contributed by atoms with Crippen LogP contribution in [0.15, 0.2) is 6.20 Å². The van der Waals surface area contributed by atoms with Crippen molar-refractivity contribution < 1.29 is 0 Å². The highest BCUT2D eigenvalue weighted by molar-refractivity contribution is 6.83. The monoisotopic (exact) mass is 278 g/mol. The minimum atomic E-state index is -1.47. The van der Waals surface area contributed by atoms with E-state index < -0.39 is 8.07 Å². The Balaban J connectivity index is 2.69. The highest BCUT2D eigenvalue weighted by Crippen LogP contribution is 2.21. The van der Waals surface area contributed by atoms with E-state index in [9.17, 15) is 0 Å². The summed E-state index contributed by atoms with van der Waals surface area (Å²) in [5.41, 5.74) is 11.1. The molecule has 0 bridgehead atoms. The number of halogens is 1. The molecule has 2 rings (SSSR count). The second-order valence-electron chi connectivity index (χ2n) is 5.20. The van der Waals surface area contributed by atoms with E-state index in [0.29, 0.717) is 22.3 Å². The van der Waals surface area contributed by atoms with Crippen LogP contribution < -0.4 is 5.73 Å². The molecule has 94 valence electrons. The summed E-state index contributed by atoms with van der Waals surface area (Å²) in [6.45, 7) is 8.41. The van der Waals surface area contributed by atoms with Crippen molar-refractivity contribution in [1.82, 2.24) is 14.4 Å².